The zero-order valence-electron chi connectivity index (χ0n) is 14.2. The summed E-state index contributed by atoms with van der Waals surface area (Å²) in [6.45, 7) is 0.722. The highest BCUT2D eigenvalue weighted by molar-refractivity contribution is 5.77. The van der Waals surface area contributed by atoms with Crippen molar-refractivity contribution in [3.05, 3.63) is 60.3 Å². The molecule has 0 saturated carbocycles. The van der Waals surface area contributed by atoms with E-state index < -0.39 is 0 Å². The molecule has 134 valence electrons. The number of aromatic amines is 1. The fraction of sp³-hybridized carbons (Fsp3) is 0.211. The summed E-state index contributed by atoms with van der Waals surface area (Å²) in [7, 11) is 0. The molecular weight excluding hydrogens is 333 g/mol. The van der Waals surface area contributed by atoms with Crippen LogP contribution in [0.25, 0.3) is 22.6 Å². The van der Waals surface area contributed by atoms with Gasteiger partial charge in [0.05, 0.1) is 23.6 Å². The van der Waals surface area contributed by atoms with E-state index in [4.69, 9.17) is 5.73 Å². The summed E-state index contributed by atoms with van der Waals surface area (Å²) < 4.78 is 13.6. The number of imidazole rings is 1. The van der Waals surface area contributed by atoms with Crippen molar-refractivity contribution >= 4 is 5.91 Å². The first-order valence-corrected chi connectivity index (χ1v) is 8.40. The van der Waals surface area contributed by atoms with Crippen LogP contribution in [-0.4, -0.2) is 27.4 Å². The van der Waals surface area contributed by atoms with Gasteiger partial charge in [0, 0.05) is 18.2 Å². The standard InChI is InChI=1S/C19H20FN5O/c20-14-6-3-5-13(11-14)18-19(15-7-1-2-10-22-15)25-16(24-18)12-23-17(26)8-4-9-21/h1-3,5-7,10-11H,4,8-9,12,21H2,(H,23,26)(H,24,25). The SMILES string of the molecule is NCCCC(=O)NCc1nc(-c2cccc(F)c2)c(-c2ccccn2)[nH]1. The number of hydrogen-bond donors (Lipinski definition) is 3. The van der Waals surface area contributed by atoms with Crippen molar-refractivity contribution in [2.24, 2.45) is 5.73 Å². The molecule has 0 spiro atoms. The molecule has 0 saturated heterocycles. The molecule has 26 heavy (non-hydrogen) atoms. The van der Waals surface area contributed by atoms with E-state index in [1.165, 1.54) is 12.1 Å². The van der Waals surface area contributed by atoms with Gasteiger partial charge in [-0.15, -0.1) is 0 Å². The van der Waals surface area contributed by atoms with Crippen molar-refractivity contribution < 1.29 is 9.18 Å². The number of halogens is 1. The number of aromatic nitrogens is 3. The molecule has 1 aromatic carbocycles. The summed E-state index contributed by atoms with van der Waals surface area (Å²) in [5.41, 5.74) is 8.02. The Balaban J connectivity index is 1.89. The van der Waals surface area contributed by atoms with Crippen LogP contribution in [0.2, 0.25) is 0 Å². The normalized spacial score (nSPS) is 10.7. The molecule has 2 aromatic heterocycles. The Morgan fingerprint density at radius 2 is 2.12 bits per heavy atom. The zero-order valence-corrected chi connectivity index (χ0v) is 14.2. The fourth-order valence-electron chi connectivity index (χ4n) is 2.58. The second-order valence-corrected chi connectivity index (χ2v) is 5.80. The number of benzene rings is 1. The van der Waals surface area contributed by atoms with Gasteiger partial charge in [0.15, 0.2) is 0 Å². The molecule has 0 fully saturated rings. The van der Waals surface area contributed by atoms with E-state index in [1.54, 1.807) is 18.3 Å². The summed E-state index contributed by atoms with van der Waals surface area (Å²) in [6, 6.07) is 11.8. The Labute approximate surface area is 150 Å². The van der Waals surface area contributed by atoms with Crippen LogP contribution in [0.3, 0.4) is 0 Å². The van der Waals surface area contributed by atoms with Crippen molar-refractivity contribution in [2.75, 3.05) is 6.54 Å². The van der Waals surface area contributed by atoms with E-state index in [2.05, 4.69) is 20.3 Å². The first kappa shape index (κ1) is 17.8. The number of H-pyrrole nitrogens is 1. The molecular formula is C19H20FN5O. The Hall–Kier alpha value is -3.06. The maximum Gasteiger partial charge on any atom is 0.220 e. The Bertz CT molecular complexity index is 879. The molecule has 6 nitrogen and oxygen atoms in total. The van der Waals surface area contributed by atoms with E-state index in [0.717, 1.165) is 0 Å². The van der Waals surface area contributed by atoms with Crippen molar-refractivity contribution in [3.63, 3.8) is 0 Å². The number of nitrogens with one attached hydrogen (secondary N) is 2. The highest BCUT2D eigenvalue weighted by atomic mass is 19.1. The van der Waals surface area contributed by atoms with E-state index in [1.807, 2.05) is 18.2 Å². The van der Waals surface area contributed by atoms with Crippen LogP contribution in [-0.2, 0) is 11.3 Å². The molecule has 0 aliphatic heterocycles. The van der Waals surface area contributed by atoms with Crippen LogP contribution < -0.4 is 11.1 Å². The van der Waals surface area contributed by atoms with Crippen molar-refractivity contribution in [1.29, 1.82) is 0 Å². The van der Waals surface area contributed by atoms with Gasteiger partial charge in [-0.25, -0.2) is 9.37 Å². The number of carbonyl (C=O) groups excluding carboxylic acids is 1. The van der Waals surface area contributed by atoms with Gasteiger partial charge >= 0.3 is 0 Å². The maximum absolute atomic E-state index is 13.6. The van der Waals surface area contributed by atoms with Crippen LogP contribution in [0.5, 0.6) is 0 Å². The van der Waals surface area contributed by atoms with Gasteiger partial charge < -0.3 is 16.0 Å². The lowest BCUT2D eigenvalue weighted by Crippen LogP contribution is -2.23. The minimum atomic E-state index is -0.339. The third kappa shape index (κ3) is 4.31. The largest absolute Gasteiger partial charge is 0.349 e. The van der Waals surface area contributed by atoms with Gasteiger partial charge in [-0.1, -0.05) is 18.2 Å². The highest BCUT2D eigenvalue weighted by Crippen LogP contribution is 2.29. The molecule has 0 atom stereocenters. The van der Waals surface area contributed by atoms with Crippen LogP contribution in [0, 0.1) is 5.82 Å². The van der Waals surface area contributed by atoms with Crippen molar-refractivity contribution in [2.45, 2.75) is 19.4 Å². The second-order valence-electron chi connectivity index (χ2n) is 5.80. The Morgan fingerprint density at radius 1 is 1.23 bits per heavy atom. The highest BCUT2D eigenvalue weighted by Gasteiger charge is 2.16. The number of rotatable bonds is 7. The van der Waals surface area contributed by atoms with Gasteiger partial charge in [0.25, 0.3) is 0 Å². The average Bonchev–Trinajstić information content (AvgIpc) is 3.10. The lowest BCUT2D eigenvalue weighted by molar-refractivity contribution is -0.121. The quantitative estimate of drug-likeness (QED) is 0.608. The summed E-state index contributed by atoms with van der Waals surface area (Å²) in [5.74, 6) is 0.152. The van der Waals surface area contributed by atoms with Crippen LogP contribution in [0.4, 0.5) is 4.39 Å². The topological polar surface area (TPSA) is 96.7 Å². The molecule has 0 radical (unpaired) electrons. The molecule has 3 rings (SSSR count). The zero-order chi connectivity index (χ0) is 18.4. The van der Waals surface area contributed by atoms with E-state index in [-0.39, 0.29) is 18.3 Å². The lowest BCUT2D eigenvalue weighted by Gasteiger charge is -2.02. The third-order valence-electron chi connectivity index (χ3n) is 3.83. The van der Waals surface area contributed by atoms with Crippen molar-refractivity contribution in [3.8, 4) is 22.6 Å². The molecule has 0 unspecified atom stereocenters. The predicted molar refractivity (Wildman–Crippen MR) is 97.3 cm³/mol. The molecule has 4 N–H and O–H groups in total. The van der Waals surface area contributed by atoms with Crippen LogP contribution in [0.15, 0.2) is 48.7 Å². The number of nitrogens with two attached hydrogens (primary N) is 1. The molecule has 0 bridgehead atoms. The summed E-state index contributed by atoms with van der Waals surface area (Å²) in [4.78, 5) is 23.9. The maximum atomic E-state index is 13.6. The molecule has 7 heteroatoms. The first-order valence-electron chi connectivity index (χ1n) is 8.40. The second kappa shape index (κ2) is 8.35. The monoisotopic (exact) mass is 353 g/mol. The first-order chi connectivity index (χ1) is 12.7. The third-order valence-corrected chi connectivity index (χ3v) is 3.83. The van der Waals surface area contributed by atoms with E-state index in [0.29, 0.717) is 47.9 Å². The van der Waals surface area contributed by atoms with E-state index in [9.17, 15) is 9.18 Å². The predicted octanol–water partition coefficient (Wildman–Crippen LogP) is 2.63. The van der Waals surface area contributed by atoms with Gasteiger partial charge in [0.2, 0.25) is 5.91 Å². The minimum Gasteiger partial charge on any atom is -0.349 e. The molecule has 0 aliphatic rings. The molecule has 1 amide bonds. The molecule has 2 heterocycles. The lowest BCUT2D eigenvalue weighted by atomic mass is 10.1. The average molecular weight is 353 g/mol. The van der Waals surface area contributed by atoms with Crippen LogP contribution in [0.1, 0.15) is 18.7 Å². The smallest absolute Gasteiger partial charge is 0.220 e. The van der Waals surface area contributed by atoms with Gasteiger partial charge in [-0.3, -0.25) is 9.78 Å². The number of amides is 1. The number of hydrogen-bond acceptors (Lipinski definition) is 4. The van der Waals surface area contributed by atoms with Gasteiger partial charge in [0.1, 0.15) is 11.6 Å². The summed E-state index contributed by atoms with van der Waals surface area (Å²) in [5, 5.41) is 2.81. The summed E-state index contributed by atoms with van der Waals surface area (Å²) in [6.07, 6.45) is 2.69. The van der Waals surface area contributed by atoms with E-state index >= 15 is 0 Å². The molecule has 3 aromatic rings. The summed E-state index contributed by atoms with van der Waals surface area (Å²) >= 11 is 0. The Kier molecular flexibility index (Phi) is 5.70. The molecule has 0 aliphatic carbocycles. The fourth-order valence-corrected chi connectivity index (χ4v) is 2.58. The van der Waals surface area contributed by atoms with Crippen LogP contribution >= 0.6 is 0 Å². The number of pyridine rings is 1. The minimum absolute atomic E-state index is 0.0847. The number of carbonyl (C=O) groups is 1. The van der Waals surface area contributed by atoms with Gasteiger partial charge in [-0.2, -0.15) is 0 Å². The Morgan fingerprint density at radius 3 is 2.85 bits per heavy atom. The number of nitrogens with zero attached hydrogens (tertiary/aromatic N) is 2. The van der Waals surface area contributed by atoms with Crippen molar-refractivity contribution in [1.82, 2.24) is 20.3 Å². The van der Waals surface area contributed by atoms with Gasteiger partial charge in [-0.05, 0) is 37.2 Å².